The van der Waals surface area contributed by atoms with E-state index in [4.69, 9.17) is 4.74 Å². The maximum Gasteiger partial charge on any atom is 0.306 e. The van der Waals surface area contributed by atoms with Gasteiger partial charge in [0.1, 0.15) is 0 Å². The Bertz CT molecular complexity index is 271. The molecule has 116 valence electrons. The summed E-state index contributed by atoms with van der Waals surface area (Å²) in [5.41, 5.74) is 0. The molecule has 1 unspecified atom stereocenters. The van der Waals surface area contributed by atoms with Crippen LogP contribution in [0.4, 0.5) is 0 Å². The highest BCUT2D eigenvalue weighted by atomic mass is 16.5. The molecule has 0 bridgehead atoms. The predicted molar refractivity (Wildman–Crippen MR) is 84.7 cm³/mol. The number of ether oxygens (including phenoxy) is 1. The molecule has 20 heavy (non-hydrogen) atoms. The van der Waals surface area contributed by atoms with Crippen molar-refractivity contribution >= 4 is 5.97 Å². The molecule has 0 aromatic heterocycles. The van der Waals surface area contributed by atoms with Crippen LogP contribution < -0.4 is 0 Å². The van der Waals surface area contributed by atoms with Crippen molar-refractivity contribution in [1.82, 2.24) is 0 Å². The Labute approximate surface area is 125 Å². The van der Waals surface area contributed by atoms with Gasteiger partial charge in [0.25, 0.3) is 0 Å². The summed E-state index contributed by atoms with van der Waals surface area (Å²) >= 11 is 0. The van der Waals surface area contributed by atoms with Crippen LogP contribution in [-0.4, -0.2) is 12.1 Å². The molecule has 1 atom stereocenters. The first-order valence-corrected chi connectivity index (χ1v) is 8.63. The molecule has 1 aliphatic heterocycles. The fourth-order valence-electron chi connectivity index (χ4n) is 2.69. The van der Waals surface area contributed by atoms with E-state index in [1.165, 1.54) is 57.8 Å². The van der Waals surface area contributed by atoms with Crippen molar-refractivity contribution in [3.8, 4) is 0 Å². The van der Waals surface area contributed by atoms with Crippen LogP contribution in [0.3, 0.4) is 0 Å². The zero-order valence-electron chi connectivity index (χ0n) is 13.2. The summed E-state index contributed by atoms with van der Waals surface area (Å²) in [6.07, 6.45) is 19.9. The lowest BCUT2D eigenvalue weighted by molar-refractivity contribution is -0.148. The summed E-state index contributed by atoms with van der Waals surface area (Å²) in [6.45, 7) is 2.03. The van der Waals surface area contributed by atoms with Gasteiger partial charge < -0.3 is 4.74 Å². The highest BCUT2D eigenvalue weighted by Crippen LogP contribution is 2.13. The Morgan fingerprint density at radius 3 is 2.10 bits per heavy atom. The lowest BCUT2D eigenvalue weighted by atomic mass is 10.1. The molecule has 0 N–H and O–H groups in total. The van der Waals surface area contributed by atoms with Crippen LogP contribution >= 0.6 is 0 Å². The fraction of sp³-hybridized carbons (Fsp3) is 0.833. The van der Waals surface area contributed by atoms with Gasteiger partial charge in [-0.1, -0.05) is 44.3 Å². The molecular weight excluding hydrogens is 248 g/mol. The van der Waals surface area contributed by atoms with Crippen molar-refractivity contribution in [2.24, 2.45) is 0 Å². The molecule has 1 aliphatic rings. The summed E-state index contributed by atoms with van der Waals surface area (Å²) in [4.78, 5) is 11.7. The average molecular weight is 280 g/mol. The Morgan fingerprint density at radius 1 is 0.850 bits per heavy atom. The van der Waals surface area contributed by atoms with Gasteiger partial charge in [-0.3, -0.25) is 4.79 Å². The van der Waals surface area contributed by atoms with Gasteiger partial charge >= 0.3 is 5.97 Å². The SMILES string of the molecule is CC1CCCCCC/C=C/CCCCCCCC(=O)O1. The van der Waals surface area contributed by atoms with Crippen LogP contribution in [0.25, 0.3) is 0 Å². The molecular formula is C18H32O2. The molecule has 0 aromatic carbocycles. The molecule has 0 fully saturated rings. The minimum Gasteiger partial charge on any atom is -0.463 e. The minimum absolute atomic E-state index is 0.00143. The summed E-state index contributed by atoms with van der Waals surface area (Å²) < 4.78 is 5.45. The van der Waals surface area contributed by atoms with Crippen LogP contribution in [0.5, 0.6) is 0 Å². The van der Waals surface area contributed by atoms with Crippen molar-refractivity contribution in [2.75, 3.05) is 0 Å². The van der Waals surface area contributed by atoms with E-state index in [0.717, 1.165) is 19.3 Å². The number of rotatable bonds is 0. The largest absolute Gasteiger partial charge is 0.463 e. The van der Waals surface area contributed by atoms with Crippen LogP contribution in [0.2, 0.25) is 0 Å². The van der Waals surface area contributed by atoms with Gasteiger partial charge in [0, 0.05) is 6.42 Å². The van der Waals surface area contributed by atoms with Gasteiger partial charge in [-0.25, -0.2) is 0 Å². The summed E-state index contributed by atoms with van der Waals surface area (Å²) in [7, 11) is 0. The second-order valence-electron chi connectivity index (χ2n) is 6.07. The zero-order chi connectivity index (χ0) is 14.5. The molecule has 0 aliphatic carbocycles. The van der Waals surface area contributed by atoms with Crippen molar-refractivity contribution < 1.29 is 9.53 Å². The zero-order valence-corrected chi connectivity index (χ0v) is 13.2. The Kier molecular flexibility index (Phi) is 10.3. The Hall–Kier alpha value is -0.790. The molecule has 2 heteroatoms. The van der Waals surface area contributed by atoms with E-state index in [-0.39, 0.29) is 12.1 Å². The maximum atomic E-state index is 11.7. The standard InChI is InChI=1S/C18H32O2/c1-17-15-13-11-9-7-5-3-2-4-6-8-10-12-14-16-18(19)20-17/h2-3,17H,4-16H2,1H3/b3-2+. The first-order valence-electron chi connectivity index (χ1n) is 8.63. The third kappa shape index (κ3) is 10.1. The van der Waals surface area contributed by atoms with Crippen LogP contribution in [0.15, 0.2) is 12.2 Å². The first kappa shape index (κ1) is 17.3. The van der Waals surface area contributed by atoms with Gasteiger partial charge in [0.05, 0.1) is 6.10 Å². The number of cyclic esters (lactones) is 1. The molecule has 0 amide bonds. The lowest BCUT2D eigenvalue weighted by Gasteiger charge is -2.13. The second-order valence-corrected chi connectivity index (χ2v) is 6.07. The number of allylic oxidation sites excluding steroid dienone is 2. The van der Waals surface area contributed by atoms with E-state index in [0.29, 0.717) is 6.42 Å². The molecule has 1 rings (SSSR count). The first-order chi connectivity index (χ1) is 9.79. The summed E-state index contributed by atoms with van der Waals surface area (Å²) in [5, 5.41) is 0. The summed E-state index contributed by atoms with van der Waals surface area (Å²) in [5.74, 6) is 0.00143. The monoisotopic (exact) mass is 280 g/mol. The third-order valence-electron chi connectivity index (χ3n) is 3.98. The molecule has 0 saturated heterocycles. The van der Waals surface area contributed by atoms with Crippen molar-refractivity contribution in [3.05, 3.63) is 12.2 Å². The second kappa shape index (κ2) is 12.0. The highest BCUT2D eigenvalue weighted by Gasteiger charge is 2.08. The quantitative estimate of drug-likeness (QED) is 0.429. The molecule has 0 radical (unpaired) electrons. The molecule has 1 heterocycles. The van der Waals surface area contributed by atoms with E-state index >= 15 is 0 Å². The molecule has 2 nitrogen and oxygen atoms in total. The number of carbonyl (C=O) groups excluding carboxylic acids is 1. The van der Waals surface area contributed by atoms with E-state index in [9.17, 15) is 4.79 Å². The van der Waals surface area contributed by atoms with Gasteiger partial charge in [-0.15, -0.1) is 0 Å². The minimum atomic E-state index is 0.00143. The topological polar surface area (TPSA) is 26.3 Å². The average Bonchev–Trinajstić information content (AvgIpc) is 2.42. The van der Waals surface area contributed by atoms with E-state index in [1.54, 1.807) is 0 Å². The van der Waals surface area contributed by atoms with E-state index in [2.05, 4.69) is 12.2 Å². The summed E-state index contributed by atoms with van der Waals surface area (Å²) in [6, 6.07) is 0. The third-order valence-corrected chi connectivity index (χ3v) is 3.98. The molecule has 0 aromatic rings. The Morgan fingerprint density at radius 2 is 1.40 bits per heavy atom. The predicted octanol–water partition coefficient (Wildman–Crippen LogP) is 5.56. The fourth-order valence-corrected chi connectivity index (χ4v) is 2.69. The van der Waals surface area contributed by atoms with Crippen molar-refractivity contribution in [3.63, 3.8) is 0 Å². The van der Waals surface area contributed by atoms with Gasteiger partial charge in [-0.05, 0) is 51.9 Å². The normalized spacial score (nSPS) is 27.1. The van der Waals surface area contributed by atoms with Crippen LogP contribution in [0, 0.1) is 0 Å². The number of hydrogen-bond acceptors (Lipinski definition) is 2. The number of hydrogen-bond donors (Lipinski definition) is 0. The van der Waals surface area contributed by atoms with Crippen molar-refractivity contribution in [2.45, 2.75) is 96.5 Å². The van der Waals surface area contributed by atoms with Gasteiger partial charge in [0.2, 0.25) is 0 Å². The highest BCUT2D eigenvalue weighted by molar-refractivity contribution is 5.69. The molecule has 0 saturated carbocycles. The van der Waals surface area contributed by atoms with Gasteiger partial charge in [0.15, 0.2) is 0 Å². The van der Waals surface area contributed by atoms with E-state index < -0.39 is 0 Å². The number of carbonyl (C=O) groups is 1. The van der Waals surface area contributed by atoms with E-state index in [1.807, 2.05) is 6.92 Å². The number of esters is 1. The Balaban J connectivity index is 2.25. The maximum absolute atomic E-state index is 11.7. The van der Waals surface area contributed by atoms with Crippen molar-refractivity contribution in [1.29, 1.82) is 0 Å². The molecule has 0 spiro atoms. The lowest BCUT2D eigenvalue weighted by Crippen LogP contribution is -2.14. The van der Waals surface area contributed by atoms with Crippen LogP contribution in [-0.2, 0) is 9.53 Å². The van der Waals surface area contributed by atoms with Gasteiger partial charge in [-0.2, -0.15) is 0 Å². The smallest absolute Gasteiger partial charge is 0.306 e. The van der Waals surface area contributed by atoms with Crippen LogP contribution in [0.1, 0.15) is 90.4 Å².